The van der Waals surface area contributed by atoms with Crippen LogP contribution in [-0.4, -0.2) is 4.21 Å². The molecule has 0 fully saturated rings. The van der Waals surface area contributed by atoms with E-state index in [-0.39, 0.29) is 0 Å². The predicted molar refractivity (Wildman–Crippen MR) is 77.4 cm³/mol. The molecule has 18 heavy (non-hydrogen) atoms. The molecule has 0 amide bonds. The zero-order valence-corrected chi connectivity index (χ0v) is 11.1. The molecule has 1 heterocycles. The summed E-state index contributed by atoms with van der Waals surface area (Å²) in [6.07, 6.45) is 0. The van der Waals surface area contributed by atoms with E-state index in [2.05, 4.69) is 0 Å². The van der Waals surface area contributed by atoms with Gasteiger partial charge in [0, 0.05) is 15.0 Å². The van der Waals surface area contributed by atoms with Gasteiger partial charge >= 0.3 is 0 Å². The highest BCUT2D eigenvalue weighted by molar-refractivity contribution is 7.87. The third-order valence-electron chi connectivity index (χ3n) is 2.73. The second-order valence-electron chi connectivity index (χ2n) is 3.88. The number of hydrogen-bond acceptors (Lipinski definition) is 3. The Kier molecular flexibility index (Phi) is 2.89. The second-order valence-corrected chi connectivity index (χ2v) is 6.61. The van der Waals surface area contributed by atoms with Gasteiger partial charge in [-0.15, -0.1) is 11.3 Å². The van der Waals surface area contributed by atoms with Crippen LogP contribution in [0.15, 0.2) is 63.7 Å². The molecular weight excluding hydrogens is 262 g/mol. The van der Waals surface area contributed by atoms with Crippen LogP contribution in [0.1, 0.15) is 0 Å². The van der Waals surface area contributed by atoms with E-state index in [4.69, 9.17) is 5.73 Å². The van der Waals surface area contributed by atoms with E-state index in [1.54, 1.807) is 0 Å². The van der Waals surface area contributed by atoms with E-state index in [9.17, 15) is 4.21 Å². The van der Waals surface area contributed by atoms with Gasteiger partial charge in [0.05, 0.1) is 16.5 Å². The molecule has 0 radical (unpaired) electrons. The fourth-order valence-electron chi connectivity index (χ4n) is 1.83. The van der Waals surface area contributed by atoms with Crippen LogP contribution in [-0.2, 0) is 10.8 Å². The van der Waals surface area contributed by atoms with Crippen molar-refractivity contribution < 1.29 is 4.21 Å². The number of benzene rings is 2. The van der Waals surface area contributed by atoms with Crippen molar-refractivity contribution >= 4 is 37.9 Å². The fraction of sp³-hybridized carbons (Fsp3) is 0. The van der Waals surface area contributed by atoms with Crippen LogP contribution < -0.4 is 5.73 Å². The maximum Gasteiger partial charge on any atom is 0.120 e. The van der Waals surface area contributed by atoms with Crippen molar-refractivity contribution in [2.45, 2.75) is 9.10 Å². The molecular formula is C14H11NOS2. The molecule has 0 bridgehead atoms. The quantitative estimate of drug-likeness (QED) is 0.774. The summed E-state index contributed by atoms with van der Waals surface area (Å²) in [6.45, 7) is 0. The van der Waals surface area contributed by atoms with Crippen LogP contribution >= 0.6 is 11.3 Å². The van der Waals surface area contributed by atoms with Gasteiger partial charge < -0.3 is 5.73 Å². The highest BCUT2D eigenvalue weighted by atomic mass is 32.2. The molecule has 3 aromatic rings. The van der Waals surface area contributed by atoms with Gasteiger partial charge in [-0.25, -0.2) is 4.21 Å². The first-order valence-electron chi connectivity index (χ1n) is 5.51. The summed E-state index contributed by atoms with van der Waals surface area (Å²) in [7, 11) is -1.20. The number of anilines is 1. The molecule has 0 spiro atoms. The van der Waals surface area contributed by atoms with E-state index in [1.165, 1.54) is 11.3 Å². The standard InChI is InChI=1S/C14H11NOS2/c15-13-11-8-4-5-9-12(11)17-14(13)18(16)10-6-2-1-3-7-10/h1-9H,15H2/t18-/m0/s1. The molecule has 0 unspecified atom stereocenters. The average Bonchev–Trinajstić information content (AvgIpc) is 2.77. The van der Waals surface area contributed by atoms with Gasteiger partial charge in [-0.05, 0) is 18.2 Å². The Hall–Kier alpha value is -1.65. The van der Waals surface area contributed by atoms with E-state index < -0.39 is 10.8 Å². The summed E-state index contributed by atoms with van der Waals surface area (Å²) < 4.78 is 14.3. The summed E-state index contributed by atoms with van der Waals surface area (Å²) in [5.74, 6) is 0. The largest absolute Gasteiger partial charge is 0.397 e. The zero-order chi connectivity index (χ0) is 12.5. The molecule has 2 aromatic carbocycles. The van der Waals surface area contributed by atoms with Crippen LogP contribution in [0.4, 0.5) is 5.69 Å². The minimum absolute atomic E-state index is 0.637. The van der Waals surface area contributed by atoms with Crippen molar-refractivity contribution in [1.82, 2.24) is 0 Å². The molecule has 0 saturated carbocycles. The van der Waals surface area contributed by atoms with Crippen molar-refractivity contribution in [2.24, 2.45) is 0 Å². The Labute approximate surface area is 112 Å². The summed E-state index contributed by atoms with van der Waals surface area (Å²) in [4.78, 5) is 0.788. The van der Waals surface area contributed by atoms with Crippen molar-refractivity contribution in [3.63, 3.8) is 0 Å². The Morgan fingerprint density at radius 2 is 1.61 bits per heavy atom. The summed E-state index contributed by atoms with van der Waals surface area (Å²) >= 11 is 1.50. The Balaban J connectivity index is 2.15. The summed E-state index contributed by atoms with van der Waals surface area (Å²) in [5, 5.41) is 0.988. The van der Waals surface area contributed by atoms with Crippen molar-refractivity contribution in [3.05, 3.63) is 54.6 Å². The molecule has 1 aromatic heterocycles. The number of nitrogen functional groups attached to an aromatic ring is 1. The predicted octanol–water partition coefficient (Wildman–Crippen LogP) is 3.65. The molecule has 0 aliphatic rings. The van der Waals surface area contributed by atoms with Crippen LogP contribution in [0.5, 0.6) is 0 Å². The number of nitrogens with two attached hydrogens (primary N) is 1. The van der Waals surface area contributed by atoms with Gasteiger partial charge in [0.15, 0.2) is 0 Å². The first-order valence-corrected chi connectivity index (χ1v) is 7.48. The van der Waals surface area contributed by atoms with E-state index in [0.29, 0.717) is 5.69 Å². The van der Waals surface area contributed by atoms with Gasteiger partial charge in [0.2, 0.25) is 0 Å². The SMILES string of the molecule is Nc1c([S@@](=O)c2ccccc2)sc2ccccc12. The van der Waals surface area contributed by atoms with Crippen molar-refractivity contribution in [2.75, 3.05) is 5.73 Å². The molecule has 2 nitrogen and oxygen atoms in total. The van der Waals surface area contributed by atoms with E-state index in [1.807, 2.05) is 54.6 Å². The Bertz CT molecular complexity index is 719. The normalized spacial score (nSPS) is 12.7. The van der Waals surface area contributed by atoms with Gasteiger partial charge in [-0.2, -0.15) is 0 Å². The molecule has 4 heteroatoms. The monoisotopic (exact) mass is 273 g/mol. The lowest BCUT2D eigenvalue weighted by Crippen LogP contribution is -1.94. The molecule has 1 atom stereocenters. The fourth-order valence-corrected chi connectivity index (χ4v) is 4.47. The third-order valence-corrected chi connectivity index (χ3v) is 5.67. The lowest BCUT2D eigenvalue weighted by Gasteiger charge is -2.00. The maximum atomic E-state index is 12.5. The van der Waals surface area contributed by atoms with Crippen molar-refractivity contribution in [1.29, 1.82) is 0 Å². The van der Waals surface area contributed by atoms with Gasteiger partial charge in [-0.1, -0.05) is 36.4 Å². The topological polar surface area (TPSA) is 43.1 Å². The lowest BCUT2D eigenvalue weighted by molar-refractivity contribution is 0.684. The van der Waals surface area contributed by atoms with Crippen LogP contribution in [0.25, 0.3) is 10.1 Å². The van der Waals surface area contributed by atoms with Crippen molar-refractivity contribution in [3.8, 4) is 0 Å². The highest BCUT2D eigenvalue weighted by Gasteiger charge is 2.15. The number of rotatable bonds is 2. The summed E-state index contributed by atoms with van der Waals surface area (Å²) in [5.41, 5.74) is 6.73. The van der Waals surface area contributed by atoms with Gasteiger partial charge in [0.1, 0.15) is 4.21 Å². The maximum absolute atomic E-state index is 12.5. The molecule has 0 aliphatic carbocycles. The number of thiophene rings is 1. The van der Waals surface area contributed by atoms with Gasteiger partial charge in [-0.3, -0.25) is 0 Å². The van der Waals surface area contributed by atoms with Gasteiger partial charge in [0.25, 0.3) is 0 Å². The molecule has 0 aliphatic heterocycles. The Morgan fingerprint density at radius 3 is 2.33 bits per heavy atom. The van der Waals surface area contributed by atoms with Crippen LogP contribution in [0, 0.1) is 0 Å². The first kappa shape index (κ1) is 11.4. The second kappa shape index (κ2) is 4.55. The van der Waals surface area contributed by atoms with E-state index >= 15 is 0 Å². The van der Waals surface area contributed by atoms with E-state index in [0.717, 1.165) is 19.2 Å². The minimum atomic E-state index is -1.20. The molecule has 3 rings (SSSR count). The average molecular weight is 273 g/mol. The number of hydrogen-bond donors (Lipinski definition) is 1. The zero-order valence-electron chi connectivity index (χ0n) is 9.50. The third kappa shape index (κ3) is 1.83. The summed E-state index contributed by atoms with van der Waals surface area (Å²) in [6, 6.07) is 17.3. The number of fused-ring (bicyclic) bond motifs is 1. The first-order chi connectivity index (χ1) is 8.77. The smallest absolute Gasteiger partial charge is 0.120 e. The molecule has 90 valence electrons. The molecule has 2 N–H and O–H groups in total. The van der Waals surface area contributed by atoms with Crippen LogP contribution in [0.3, 0.4) is 0 Å². The lowest BCUT2D eigenvalue weighted by atomic mass is 10.2. The minimum Gasteiger partial charge on any atom is -0.397 e. The molecule has 0 saturated heterocycles. The van der Waals surface area contributed by atoms with Crippen LogP contribution in [0.2, 0.25) is 0 Å². The highest BCUT2D eigenvalue weighted by Crippen LogP contribution is 2.37. The Morgan fingerprint density at radius 1 is 0.944 bits per heavy atom.